The molecule has 4 aromatic rings. The first kappa shape index (κ1) is 20.3. The number of hydrogen-bond donors (Lipinski definition) is 0. The standard InChI is InChI=1S/C23H16F2N2OS2/c24-22(25)30-19-13-11-18(12-14-19)27-20(16-7-3-1-4-8-16)15-29-23(27)26-21(28)17-9-5-2-6-10-17/h1-15,22H. The van der Waals surface area contributed by atoms with Crippen molar-refractivity contribution in [2.75, 3.05) is 0 Å². The van der Waals surface area contributed by atoms with Gasteiger partial charge in [0.15, 0.2) is 4.80 Å². The molecular formula is C23H16F2N2OS2. The van der Waals surface area contributed by atoms with E-state index in [1.54, 1.807) is 48.5 Å². The highest BCUT2D eigenvalue weighted by Crippen LogP contribution is 2.28. The SMILES string of the molecule is O=C(N=c1scc(-c2ccccc2)n1-c1ccc(SC(F)F)cc1)c1ccccc1. The number of thioether (sulfide) groups is 1. The van der Waals surface area contributed by atoms with Crippen molar-refractivity contribution in [3.8, 4) is 16.9 Å². The van der Waals surface area contributed by atoms with Crippen LogP contribution < -0.4 is 4.80 Å². The van der Waals surface area contributed by atoms with Gasteiger partial charge in [0.25, 0.3) is 11.7 Å². The zero-order valence-electron chi connectivity index (χ0n) is 15.6. The Labute approximate surface area is 180 Å². The number of hydrogen-bond acceptors (Lipinski definition) is 3. The van der Waals surface area contributed by atoms with E-state index in [0.717, 1.165) is 16.9 Å². The van der Waals surface area contributed by atoms with E-state index in [1.807, 2.05) is 46.3 Å². The van der Waals surface area contributed by atoms with E-state index in [1.165, 1.54) is 11.3 Å². The van der Waals surface area contributed by atoms with Crippen molar-refractivity contribution in [3.63, 3.8) is 0 Å². The first-order valence-electron chi connectivity index (χ1n) is 9.07. The van der Waals surface area contributed by atoms with Gasteiger partial charge >= 0.3 is 0 Å². The molecule has 0 N–H and O–H groups in total. The third kappa shape index (κ3) is 4.58. The van der Waals surface area contributed by atoms with Crippen LogP contribution in [0.15, 0.2) is 100 Å². The zero-order chi connectivity index (χ0) is 20.9. The molecule has 0 saturated heterocycles. The van der Waals surface area contributed by atoms with Crippen molar-refractivity contribution in [3.05, 3.63) is 101 Å². The van der Waals surface area contributed by atoms with E-state index < -0.39 is 5.76 Å². The smallest absolute Gasteiger partial charge is 0.285 e. The van der Waals surface area contributed by atoms with Crippen LogP contribution in [0.4, 0.5) is 8.78 Å². The largest absolute Gasteiger partial charge is 0.288 e. The fourth-order valence-electron chi connectivity index (χ4n) is 2.96. The summed E-state index contributed by atoms with van der Waals surface area (Å²) >= 11 is 1.85. The Morgan fingerprint density at radius 2 is 1.53 bits per heavy atom. The predicted molar refractivity (Wildman–Crippen MR) is 117 cm³/mol. The molecule has 0 saturated carbocycles. The van der Waals surface area contributed by atoms with E-state index in [0.29, 0.717) is 27.0 Å². The van der Waals surface area contributed by atoms with Crippen LogP contribution in [0.25, 0.3) is 16.9 Å². The average Bonchev–Trinajstić information content (AvgIpc) is 3.18. The highest BCUT2D eigenvalue weighted by atomic mass is 32.2. The molecule has 3 aromatic carbocycles. The number of thiazole rings is 1. The van der Waals surface area contributed by atoms with E-state index >= 15 is 0 Å². The molecule has 1 aromatic heterocycles. The molecule has 4 rings (SSSR count). The van der Waals surface area contributed by atoms with Gasteiger partial charge in [-0.1, -0.05) is 60.3 Å². The Hall–Kier alpha value is -3.03. The van der Waals surface area contributed by atoms with Crippen LogP contribution in [0.3, 0.4) is 0 Å². The van der Waals surface area contributed by atoms with Gasteiger partial charge in [0, 0.05) is 21.5 Å². The maximum absolute atomic E-state index is 12.7. The summed E-state index contributed by atoms with van der Waals surface area (Å²) in [4.78, 5) is 18.0. The third-order valence-electron chi connectivity index (χ3n) is 4.32. The molecule has 1 amide bonds. The van der Waals surface area contributed by atoms with Gasteiger partial charge in [-0.3, -0.25) is 9.36 Å². The van der Waals surface area contributed by atoms with Crippen LogP contribution >= 0.6 is 23.1 Å². The highest BCUT2D eigenvalue weighted by molar-refractivity contribution is 7.99. The Morgan fingerprint density at radius 1 is 0.900 bits per heavy atom. The van der Waals surface area contributed by atoms with Gasteiger partial charge in [0.2, 0.25) is 0 Å². The molecule has 150 valence electrons. The van der Waals surface area contributed by atoms with Gasteiger partial charge in [0.05, 0.1) is 5.69 Å². The van der Waals surface area contributed by atoms with Crippen LogP contribution in [0.2, 0.25) is 0 Å². The second kappa shape index (κ2) is 9.19. The summed E-state index contributed by atoms with van der Waals surface area (Å²) in [7, 11) is 0. The minimum absolute atomic E-state index is 0.337. The molecule has 30 heavy (non-hydrogen) atoms. The molecule has 3 nitrogen and oxygen atoms in total. The molecule has 1 heterocycles. The first-order chi connectivity index (χ1) is 14.6. The Bertz CT molecular complexity index is 1200. The van der Waals surface area contributed by atoms with Crippen molar-refractivity contribution in [2.24, 2.45) is 4.99 Å². The van der Waals surface area contributed by atoms with Crippen molar-refractivity contribution in [1.82, 2.24) is 4.57 Å². The zero-order valence-corrected chi connectivity index (χ0v) is 17.2. The second-order valence-corrected chi connectivity index (χ2v) is 8.16. The van der Waals surface area contributed by atoms with Gasteiger partial charge in [-0.15, -0.1) is 11.3 Å². The lowest BCUT2D eigenvalue weighted by Crippen LogP contribution is -2.16. The van der Waals surface area contributed by atoms with Crippen LogP contribution in [0, 0.1) is 0 Å². The lowest BCUT2D eigenvalue weighted by atomic mass is 10.1. The minimum atomic E-state index is -2.47. The molecule has 0 bridgehead atoms. The molecule has 0 aliphatic carbocycles. The highest BCUT2D eigenvalue weighted by Gasteiger charge is 2.13. The average molecular weight is 439 g/mol. The molecule has 0 spiro atoms. The summed E-state index contributed by atoms with van der Waals surface area (Å²) in [6.45, 7) is 0. The van der Waals surface area contributed by atoms with Crippen LogP contribution in [0.5, 0.6) is 0 Å². The normalized spacial score (nSPS) is 11.8. The fourth-order valence-corrected chi connectivity index (χ4v) is 4.36. The van der Waals surface area contributed by atoms with E-state index in [2.05, 4.69) is 4.99 Å². The topological polar surface area (TPSA) is 34.4 Å². The number of aromatic nitrogens is 1. The summed E-state index contributed by atoms with van der Waals surface area (Å²) in [5.74, 6) is -2.81. The minimum Gasteiger partial charge on any atom is -0.285 e. The number of alkyl halides is 2. The van der Waals surface area contributed by atoms with Crippen molar-refractivity contribution < 1.29 is 13.6 Å². The molecule has 0 aliphatic heterocycles. The number of benzene rings is 3. The van der Waals surface area contributed by atoms with Crippen molar-refractivity contribution in [1.29, 1.82) is 0 Å². The number of halogens is 2. The number of rotatable bonds is 5. The summed E-state index contributed by atoms with van der Waals surface area (Å²) in [6, 6.07) is 25.4. The maximum Gasteiger partial charge on any atom is 0.288 e. The molecule has 0 aliphatic rings. The molecule has 0 fully saturated rings. The lowest BCUT2D eigenvalue weighted by molar-refractivity contribution is 0.0998. The molecule has 0 radical (unpaired) electrons. The van der Waals surface area contributed by atoms with Crippen molar-refractivity contribution in [2.45, 2.75) is 10.7 Å². The quantitative estimate of drug-likeness (QED) is 0.345. The van der Waals surface area contributed by atoms with Gasteiger partial charge in [-0.05, 0) is 42.0 Å². The van der Waals surface area contributed by atoms with Crippen molar-refractivity contribution >= 4 is 29.0 Å². The maximum atomic E-state index is 12.7. The van der Waals surface area contributed by atoms with Crippen LogP contribution in [-0.4, -0.2) is 16.2 Å². The van der Waals surface area contributed by atoms with Gasteiger partial charge in [0.1, 0.15) is 0 Å². The molecular weight excluding hydrogens is 422 g/mol. The van der Waals surface area contributed by atoms with Gasteiger partial charge in [-0.2, -0.15) is 13.8 Å². The van der Waals surface area contributed by atoms with E-state index in [4.69, 9.17) is 0 Å². The van der Waals surface area contributed by atoms with Crippen LogP contribution in [0.1, 0.15) is 10.4 Å². The monoisotopic (exact) mass is 438 g/mol. The molecule has 7 heteroatoms. The summed E-state index contributed by atoms with van der Waals surface area (Å²) in [5, 5.41) is 1.94. The summed E-state index contributed by atoms with van der Waals surface area (Å²) in [5.41, 5.74) is 3.08. The number of amides is 1. The third-order valence-corrected chi connectivity index (χ3v) is 5.86. The summed E-state index contributed by atoms with van der Waals surface area (Å²) < 4.78 is 27.2. The van der Waals surface area contributed by atoms with Gasteiger partial charge < -0.3 is 0 Å². The van der Waals surface area contributed by atoms with Crippen LogP contribution in [-0.2, 0) is 0 Å². The summed E-state index contributed by atoms with van der Waals surface area (Å²) in [6.07, 6.45) is 0. The van der Waals surface area contributed by atoms with E-state index in [-0.39, 0.29) is 5.91 Å². The Kier molecular flexibility index (Phi) is 6.21. The molecule has 0 unspecified atom stereocenters. The molecule has 0 atom stereocenters. The van der Waals surface area contributed by atoms with E-state index in [9.17, 15) is 13.6 Å². The fraction of sp³-hybridized carbons (Fsp3) is 0.0435. The first-order valence-corrected chi connectivity index (χ1v) is 10.8. The Balaban J connectivity index is 1.83. The number of carbonyl (C=O) groups is 1. The predicted octanol–water partition coefficient (Wildman–Crippen LogP) is 6.26. The Morgan fingerprint density at radius 3 is 2.17 bits per heavy atom. The second-order valence-electron chi connectivity index (χ2n) is 6.26. The number of nitrogens with zero attached hydrogens (tertiary/aromatic N) is 2. The van der Waals surface area contributed by atoms with Gasteiger partial charge in [-0.25, -0.2) is 0 Å². The lowest BCUT2D eigenvalue weighted by Gasteiger charge is -2.10. The number of carbonyl (C=O) groups excluding carboxylic acids is 1.